The topological polar surface area (TPSA) is 0 Å². The molecule has 0 N–H and O–H groups in total. The smallest absolute Gasteiger partial charge is 0.0406 e. The van der Waals surface area contributed by atoms with Gasteiger partial charge < -0.3 is 0 Å². The molecule has 0 nitrogen and oxygen atoms in total. The average Bonchev–Trinajstić information content (AvgIpc) is 1.90. The summed E-state index contributed by atoms with van der Waals surface area (Å²) in [5.41, 5.74) is 0.749. The second kappa shape index (κ2) is 2.57. The van der Waals surface area contributed by atoms with Crippen LogP contribution in [0.15, 0.2) is 24.3 Å². The number of hydrogen-bond acceptors (Lipinski definition) is 0. The minimum Gasteiger partial charge on any atom is -0.0843 e. The van der Waals surface area contributed by atoms with Gasteiger partial charge >= 0.3 is 0 Å². The number of hydrogen-bond donors (Lipinski definition) is 0. The zero-order valence-electron chi connectivity index (χ0n) is 4.69. The maximum absolute atomic E-state index is 6.72. The second-order valence-corrected chi connectivity index (χ2v) is 2.07. The predicted octanol–water partition coefficient (Wildman–Crippen LogP) is 2.28. The molecule has 0 aromatic heterocycles. The summed E-state index contributed by atoms with van der Waals surface area (Å²) in [6.07, 6.45) is 6.72. The number of rotatable bonds is 0. The summed E-state index contributed by atoms with van der Waals surface area (Å²) in [7, 11) is 0. The maximum atomic E-state index is 6.72. The van der Waals surface area contributed by atoms with Gasteiger partial charge in [0, 0.05) is 10.6 Å². The van der Waals surface area contributed by atoms with Crippen LogP contribution in [0.1, 0.15) is 5.56 Å². The third kappa shape index (κ3) is 1.48. The summed E-state index contributed by atoms with van der Waals surface area (Å²) in [5, 5.41) is 0.689. The lowest BCUT2D eigenvalue weighted by atomic mass is 10.2. The molecule has 1 aromatic carbocycles. The van der Waals surface area contributed by atoms with Gasteiger partial charge in [0.05, 0.1) is 0 Å². The van der Waals surface area contributed by atoms with E-state index >= 15 is 0 Å². The first-order chi connectivity index (χ1) is 4.33. The highest BCUT2D eigenvalue weighted by molar-refractivity contribution is 6.30. The van der Waals surface area contributed by atoms with Crippen LogP contribution in [0, 0.1) is 12.3 Å². The summed E-state index contributed by atoms with van der Waals surface area (Å²) < 4.78 is 0. The van der Waals surface area contributed by atoms with Crippen molar-refractivity contribution in [3.63, 3.8) is 0 Å². The molecule has 0 saturated heterocycles. The Kier molecular flexibility index (Phi) is 1.77. The third-order valence-corrected chi connectivity index (χ3v) is 1.24. The Morgan fingerprint density at radius 1 is 1.22 bits per heavy atom. The van der Waals surface area contributed by atoms with E-state index in [9.17, 15) is 0 Å². The highest BCUT2D eigenvalue weighted by Crippen LogP contribution is 2.07. The summed E-state index contributed by atoms with van der Waals surface area (Å²) in [4.78, 5) is 0. The summed E-state index contributed by atoms with van der Waals surface area (Å²) in [6, 6.07) is 6.96. The maximum Gasteiger partial charge on any atom is 0.0406 e. The van der Waals surface area contributed by atoms with E-state index in [1.807, 2.05) is 0 Å². The van der Waals surface area contributed by atoms with Crippen LogP contribution in [0.25, 0.3) is 0 Å². The van der Waals surface area contributed by atoms with Crippen molar-refractivity contribution in [2.24, 2.45) is 0 Å². The quantitative estimate of drug-likeness (QED) is 0.479. The SMILES string of the molecule is [C]#Cc1ccc(Cl)cc1. The van der Waals surface area contributed by atoms with Crippen molar-refractivity contribution in [3.05, 3.63) is 41.3 Å². The molecule has 0 unspecified atom stereocenters. The fourth-order valence-electron chi connectivity index (χ4n) is 0.533. The van der Waals surface area contributed by atoms with Crippen molar-refractivity contribution in [1.29, 1.82) is 0 Å². The Labute approximate surface area is 59.5 Å². The minimum absolute atomic E-state index is 0.689. The van der Waals surface area contributed by atoms with Gasteiger partial charge in [0.2, 0.25) is 0 Å². The number of benzene rings is 1. The van der Waals surface area contributed by atoms with E-state index in [2.05, 4.69) is 5.92 Å². The summed E-state index contributed by atoms with van der Waals surface area (Å²) >= 11 is 5.58. The molecule has 0 spiro atoms. The molecule has 0 aliphatic heterocycles. The van der Waals surface area contributed by atoms with Crippen LogP contribution in [0.5, 0.6) is 0 Å². The molecule has 1 heteroatoms. The molecule has 0 saturated carbocycles. The molecule has 1 radical (unpaired) electrons. The lowest BCUT2D eigenvalue weighted by molar-refractivity contribution is 1.65. The van der Waals surface area contributed by atoms with Crippen molar-refractivity contribution in [2.75, 3.05) is 0 Å². The largest absolute Gasteiger partial charge is 0.0843 e. The van der Waals surface area contributed by atoms with E-state index in [1.54, 1.807) is 24.3 Å². The highest BCUT2D eigenvalue weighted by atomic mass is 35.5. The molecule has 0 aliphatic carbocycles. The molecule has 0 bridgehead atoms. The second-order valence-electron chi connectivity index (χ2n) is 1.63. The van der Waals surface area contributed by atoms with Crippen LogP contribution in [0.3, 0.4) is 0 Å². The van der Waals surface area contributed by atoms with Gasteiger partial charge in [-0.3, -0.25) is 0 Å². The van der Waals surface area contributed by atoms with Crippen molar-refractivity contribution < 1.29 is 0 Å². The first-order valence-corrected chi connectivity index (χ1v) is 2.89. The van der Waals surface area contributed by atoms with Gasteiger partial charge in [-0.05, 0) is 30.7 Å². The zero-order chi connectivity index (χ0) is 6.69. The zero-order valence-corrected chi connectivity index (χ0v) is 5.44. The molecule has 0 heterocycles. The normalized spacial score (nSPS) is 8.44. The fourth-order valence-corrected chi connectivity index (χ4v) is 0.659. The third-order valence-electron chi connectivity index (χ3n) is 0.989. The van der Waals surface area contributed by atoms with Gasteiger partial charge in [-0.2, -0.15) is 0 Å². The molecule has 1 rings (SSSR count). The lowest BCUT2D eigenvalue weighted by Gasteiger charge is -1.87. The molecule has 1 aromatic rings. The molecular formula is C8H4Cl. The van der Waals surface area contributed by atoms with Crippen LogP contribution >= 0.6 is 11.6 Å². The van der Waals surface area contributed by atoms with Gasteiger partial charge in [-0.1, -0.05) is 17.5 Å². The van der Waals surface area contributed by atoms with Gasteiger partial charge in [-0.25, -0.2) is 0 Å². The molecule has 0 aliphatic rings. The van der Waals surface area contributed by atoms with E-state index in [1.165, 1.54) is 0 Å². The Bertz CT molecular complexity index is 228. The van der Waals surface area contributed by atoms with E-state index in [0.717, 1.165) is 5.56 Å². The molecule has 0 fully saturated rings. The van der Waals surface area contributed by atoms with Gasteiger partial charge in [0.1, 0.15) is 0 Å². The Hall–Kier alpha value is -0.930. The van der Waals surface area contributed by atoms with Crippen LogP contribution in [-0.4, -0.2) is 0 Å². The molecular weight excluding hydrogens is 132 g/mol. The fraction of sp³-hybridized carbons (Fsp3) is 0. The van der Waals surface area contributed by atoms with Crippen molar-refractivity contribution in [3.8, 4) is 5.92 Å². The van der Waals surface area contributed by atoms with Gasteiger partial charge in [-0.15, -0.1) is 0 Å². The Morgan fingerprint density at radius 2 is 1.78 bits per heavy atom. The highest BCUT2D eigenvalue weighted by Gasteiger charge is 1.84. The van der Waals surface area contributed by atoms with E-state index in [0.29, 0.717) is 5.02 Å². The van der Waals surface area contributed by atoms with Crippen molar-refractivity contribution >= 4 is 11.6 Å². The van der Waals surface area contributed by atoms with Crippen LogP contribution in [0.4, 0.5) is 0 Å². The first-order valence-electron chi connectivity index (χ1n) is 2.51. The monoisotopic (exact) mass is 135 g/mol. The number of halogens is 1. The van der Waals surface area contributed by atoms with Crippen LogP contribution in [-0.2, 0) is 0 Å². The molecule has 9 heavy (non-hydrogen) atoms. The van der Waals surface area contributed by atoms with E-state index in [4.69, 9.17) is 18.0 Å². The Morgan fingerprint density at radius 3 is 2.22 bits per heavy atom. The van der Waals surface area contributed by atoms with Gasteiger partial charge in [0.15, 0.2) is 0 Å². The van der Waals surface area contributed by atoms with Crippen molar-refractivity contribution in [1.82, 2.24) is 0 Å². The molecule has 0 amide bonds. The predicted molar refractivity (Wildman–Crippen MR) is 37.7 cm³/mol. The molecule has 0 atom stereocenters. The van der Waals surface area contributed by atoms with Crippen molar-refractivity contribution in [2.45, 2.75) is 0 Å². The lowest BCUT2D eigenvalue weighted by Crippen LogP contribution is -1.69. The molecule has 43 valence electrons. The average molecular weight is 136 g/mol. The van der Waals surface area contributed by atoms with Crippen LogP contribution < -0.4 is 0 Å². The Balaban J connectivity index is 3.06. The summed E-state index contributed by atoms with van der Waals surface area (Å²) in [5.74, 6) is 2.25. The minimum atomic E-state index is 0.689. The first kappa shape index (κ1) is 6.19. The summed E-state index contributed by atoms with van der Waals surface area (Å²) in [6.45, 7) is 0. The van der Waals surface area contributed by atoms with Crippen LogP contribution in [0.2, 0.25) is 5.02 Å². The van der Waals surface area contributed by atoms with E-state index in [-0.39, 0.29) is 0 Å². The van der Waals surface area contributed by atoms with Gasteiger partial charge in [0.25, 0.3) is 0 Å². The van der Waals surface area contributed by atoms with E-state index < -0.39 is 0 Å². The standard InChI is InChI=1S/C8H4Cl/c1-2-7-3-5-8(9)6-4-7/h3-6H.